The molecule has 1 aromatic carbocycles. The van der Waals surface area contributed by atoms with Gasteiger partial charge in [-0.3, -0.25) is 4.79 Å². The molecule has 1 aliphatic heterocycles. The summed E-state index contributed by atoms with van der Waals surface area (Å²) >= 11 is 0. The van der Waals surface area contributed by atoms with E-state index in [-0.39, 0.29) is 0 Å². The fourth-order valence-electron chi connectivity index (χ4n) is 2.36. The molecule has 0 atom stereocenters. The monoisotopic (exact) mass is 218 g/mol. The first-order valence-electron chi connectivity index (χ1n) is 5.68. The minimum Gasteiger partial charge on any atom is -0.493 e. The molecule has 1 aromatic rings. The quantitative estimate of drug-likeness (QED) is 0.844. The van der Waals surface area contributed by atoms with Crippen molar-refractivity contribution in [2.24, 2.45) is 5.41 Å². The average Bonchev–Trinajstić information content (AvgIpc) is 2.90. The molecule has 1 heterocycles. The van der Waals surface area contributed by atoms with Crippen LogP contribution in [-0.4, -0.2) is 17.7 Å². The molecule has 0 saturated heterocycles. The summed E-state index contributed by atoms with van der Waals surface area (Å²) in [7, 11) is 0. The number of carboxylic acid groups (broad SMARTS) is 1. The van der Waals surface area contributed by atoms with Gasteiger partial charge in [-0.15, -0.1) is 0 Å². The third-order valence-corrected chi connectivity index (χ3v) is 3.60. The van der Waals surface area contributed by atoms with Gasteiger partial charge in [-0.1, -0.05) is 12.1 Å². The molecule has 1 fully saturated rings. The molecule has 0 radical (unpaired) electrons. The molecule has 0 amide bonds. The van der Waals surface area contributed by atoms with E-state index in [4.69, 9.17) is 9.84 Å². The van der Waals surface area contributed by atoms with E-state index in [9.17, 15) is 4.79 Å². The minimum absolute atomic E-state index is 0.465. The predicted octanol–water partition coefficient (Wildman–Crippen LogP) is 2.03. The summed E-state index contributed by atoms with van der Waals surface area (Å²) in [6.45, 7) is 0.753. The lowest BCUT2D eigenvalue weighted by Gasteiger charge is -2.10. The van der Waals surface area contributed by atoms with Gasteiger partial charge in [0.2, 0.25) is 0 Å². The summed E-state index contributed by atoms with van der Waals surface area (Å²) in [5.74, 6) is 0.313. The lowest BCUT2D eigenvalue weighted by atomic mass is 9.95. The number of fused-ring (bicyclic) bond motifs is 1. The first-order chi connectivity index (χ1) is 7.70. The highest BCUT2D eigenvalue weighted by Gasteiger charge is 2.49. The molecule has 0 aromatic heterocycles. The Hall–Kier alpha value is -1.51. The molecule has 1 N–H and O–H groups in total. The number of hydrogen-bond donors (Lipinski definition) is 1. The number of rotatable bonds is 3. The maximum atomic E-state index is 11.1. The van der Waals surface area contributed by atoms with Gasteiger partial charge in [0, 0.05) is 6.42 Å². The minimum atomic E-state index is -0.649. The van der Waals surface area contributed by atoms with E-state index < -0.39 is 11.4 Å². The Balaban J connectivity index is 1.83. The van der Waals surface area contributed by atoms with E-state index >= 15 is 0 Å². The molecule has 0 spiro atoms. The third kappa shape index (κ3) is 1.47. The molecule has 1 saturated carbocycles. The van der Waals surface area contributed by atoms with Crippen LogP contribution in [0.3, 0.4) is 0 Å². The normalized spacial score (nSPS) is 20.0. The zero-order valence-electron chi connectivity index (χ0n) is 9.03. The summed E-state index contributed by atoms with van der Waals surface area (Å²) in [5.41, 5.74) is 1.89. The molecule has 16 heavy (non-hydrogen) atoms. The smallest absolute Gasteiger partial charge is 0.309 e. The number of carboxylic acids is 1. The van der Waals surface area contributed by atoms with Crippen LogP contribution >= 0.6 is 0 Å². The maximum Gasteiger partial charge on any atom is 0.309 e. The van der Waals surface area contributed by atoms with Gasteiger partial charge in [-0.2, -0.15) is 0 Å². The number of benzene rings is 1. The van der Waals surface area contributed by atoms with Gasteiger partial charge in [0.15, 0.2) is 0 Å². The lowest BCUT2D eigenvalue weighted by Crippen LogP contribution is -2.17. The van der Waals surface area contributed by atoms with Crippen LogP contribution in [-0.2, 0) is 17.6 Å². The Morgan fingerprint density at radius 1 is 1.44 bits per heavy atom. The second kappa shape index (κ2) is 3.24. The number of ether oxygens (including phenoxy) is 1. The van der Waals surface area contributed by atoms with E-state index in [1.165, 1.54) is 5.56 Å². The summed E-state index contributed by atoms with van der Waals surface area (Å²) in [5, 5.41) is 9.13. The van der Waals surface area contributed by atoms with E-state index in [1.54, 1.807) is 0 Å². The molecule has 0 bridgehead atoms. The van der Waals surface area contributed by atoms with Crippen LogP contribution < -0.4 is 4.74 Å². The van der Waals surface area contributed by atoms with Crippen molar-refractivity contribution in [1.29, 1.82) is 0 Å². The van der Waals surface area contributed by atoms with Crippen molar-refractivity contribution in [3.63, 3.8) is 0 Å². The fraction of sp³-hybridized carbons (Fsp3) is 0.462. The van der Waals surface area contributed by atoms with Gasteiger partial charge in [0.1, 0.15) is 5.75 Å². The molecular weight excluding hydrogens is 204 g/mol. The van der Waals surface area contributed by atoms with Crippen molar-refractivity contribution >= 4 is 5.97 Å². The summed E-state index contributed by atoms with van der Waals surface area (Å²) in [4.78, 5) is 11.1. The second-order valence-electron chi connectivity index (χ2n) is 4.80. The first-order valence-corrected chi connectivity index (χ1v) is 5.68. The van der Waals surface area contributed by atoms with Gasteiger partial charge in [-0.25, -0.2) is 0 Å². The van der Waals surface area contributed by atoms with Crippen molar-refractivity contribution < 1.29 is 14.6 Å². The van der Waals surface area contributed by atoms with E-state index in [0.717, 1.165) is 37.2 Å². The highest BCUT2D eigenvalue weighted by Crippen LogP contribution is 2.48. The van der Waals surface area contributed by atoms with Crippen molar-refractivity contribution in [1.82, 2.24) is 0 Å². The topological polar surface area (TPSA) is 46.5 Å². The summed E-state index contributed by atoms with van der Waals surface area (Å²) in [6.07, 6.45) is 3.24. The Labute approximate surface area is 94.0 Å². The zero-order valence-corrected chi connectivity index (χ0v) is 9.03. The molecule has 3 nitrogen and oxygen atoms in total. The molecule has 1 aliphatic carbocycles. The maximum absolute atomic E-state index is 11.1. The van der Waals surface area contributed by atoms with Crippen molar-refractivity contribution in [2.45, 2.75) is 25.7 Å². The van der Waals surface area contributed by atoms with Gasteiger partial charge in [0.05, 0.1) is 12.0 Å². The van der Waals surface area contributed by atoms with Gasteiger partial charge < -0.3 is 9.84 Å². The zero-order chi connectivity index (χ0) is 11.2. The Kier molecular flexibility index (Phi) is 1.96. The van der Waals surface area contributed by atoms with Crippen LogP contribution in [0.25, 0.3) is 0 Å². The second-order valence-corrected chi connectivity index (χ2v) is 4.80. The van der Waals surface area contributed by atoms with Crippen LogP contribution in [0.15, 0.2) is 18.2 Å². The van der Waals surface area contributed by atoms with Crippen LogP contribution in [0.5, 0.6) is 5.75 Å². The van der Waals surface area contributed by atoms with Gasteiger partial charge in [0.25, 0.3) is 0 Å². The average molecular weight is 218 g/mol. The van der Waals surface area contributed by atoms with Crippen LogP contribution in [0.4, 0.5) is 0 Å². The van der Waals surface area contributed by atoms with E-state index in [1.807, 2.05) is 12.1 Å². The molecule has 3 heteroatoms. The Bertz CT molecular complexity index is 446. The van der Waals surface area contributed by atoms with Crippen LogP contribution in [0, 0.1) is 5.41 Å². The number of carbonyl (C=O) groups is 1. The number of hydrogen-bond acceptors (Lipinski definition) is 2. The third-order valence-electron chi connectivity index (χ3n) is 3.60. The molecule has 84 valence electrons. The van der Waals surface area contributed by atoms with Crippen LogP contribution in [0.2, 0.25) is 0 Å². The van der Waals surface area contributed by atoms with Crippen molar-refractivity contribution in [2.75, 3.05) is 6.61 Å². The molecular formula is C13H14O3. The van der Waals surface area contributed by atoms with E-state index in [2.05, 4.69) is 6.07 Å². The Morgan fingerprint density at radius 2 is 2.25 bits per heavy atom. The first kappa shape index (κ1) is 9.70. The van der Waals surface area contributed by atoms with Crippen molar-refractivity contribution in [3.8, 4) is 5.75 Å². The SMILES string of the molecule is O=C(O)C1(Cc2ccc3c(c2)CCO3)CC1. The highest BCUT2D eigenvalue weighted by molar-refractivity contribution is 5.78. The molecule has 2 aliphatic rings. The number of aliphatic carboxylic acids is 1. The summed E-state index contributed by atoms with van der Waals surface area (Å²) in [6, 6.07) is 6.06. The molecule has 0 unspecified atom stereocenters. The van der Waals surface area contributed by atoms with Crippen molar-refractivity contribution in [3.05, 3.63) is 29.3 Å². The summed E-state index contributed by atoms with van der Waals surface area (Å²) < 4.78 is 5.43. The lowest BCUT2D eigenvalue weighted by molar-refractivity contribution is -0.143. The van der Waals surface area contributed by atoms with E-state index in [0.29, 0.717) is 6.42 Å². The largest absolute Gasteiger partial charge is 0.493 e. The fourth-order valence-corrected chi connectivity index (χ4v) is 2.36. The Morgan fingerprint density at radius 3 is 2.94 bits per heavy atom. The van der Waals surface area contributed by atoms with Gasteiger partial charge in [-0.05, 0) is 36.5 Å². The van der Waals surface area contributed by atoms with Crippen LogP contribution in [0.1, 0.15) is 24.0 Å². The van der Waals surface area contributed by atoms with Gasteiger partial charge >= 0.3 is 5.97 Å². The molecule has 3 rings (SSSR count). The predicted molar refractivity (Wildman–Crippen MR) is 58.6 cm³/mol. The highest BCUT2D eigenvalue weighted by atomic mass is 16.5. The standard InChI is InChI=1S/C13H14O3/c14-12(15)13(4-5-13)8-9-1-2-11-10(7-9)3-6-16-11/h1-2,7H,3-6,8H2,(H,14,15).